The largest absolute Gasteiger partial charge is 0.467 e. The van der Waals surface area contributed by atoms with E-state index in [4.69, 9.17) is 9.47 Å². The summed E-state index contributed by atoms with van der Waals surface area (Å²) in [4.78, 5) is 53.1. The van der Waals surface area contributed by atoms with Crippen molar-refractivity contribution in [2.45, 2.75) is 76.6 Å². The van der Waals surface area contributed by atoms with Gasteiger partial charge in [-0.15, -0.1) is 0 Å². The fourth-order valence-corrected chi connectivity index (χ4v) is 5.04. The van der Waals surface area contributed by atoms with Crippen molar-refractivity contribution in [2.24, 2.45) is 0 Å². The van der Waals surface area contributed by atoms with Crippen LogP contribution in [0.15, 0.2) is 24.3 Å². The van der Waals surface area contributed by atoms with Gasteiger partial charge in [0.25, 0.3) is 0 Å². The predicted molar refractivity (Wildman–Crippen MR) is 125 cm³/mol. The zero-order valence-corrected chi connectivity index (χ0v) is 20.4. The molecule has 0 bridgehead atoms. The van der Waals surface area contributed by atoms with E-state index in [9.17, 15) is 19.2 Å². The molecule has 2 N–H and O–H groups in total. The van der Waals surface area contributed by atoms with Crippen LogP contribution in [0, 0.1) is 6.92 Å². The summed E-state index contributed by atoms with van der Waals surface area (Å²) in [5.41, 5.74) is 0.811. The molecule has 2 saturated heterocycles. The van der Waals surface area contributed by atoms with Gasteiger partial charge >= 0.3 is 11.9 Å². The van der Waals surface area contributed by atoms with E-state index in [2.05, 4.69) is 10.6 Å². The molecule has 9 nitrogen and oxygen atoms in total. The Labute approximate surface area is 200 Å². The first-order valence-corrected chi connectivity index (χ1v) is 11.8. The molecule has 0 saturated carbocycles. The number of methoxy groups -OCH3 is 1. The molecule has 34 heavy (non-hydrogen) atoms. The molecule has 1 unspecified atom stereocenters. The lowest BCUT2D eigenvalue weighted by atomic mass is 9.85. The molecule has 2 aliphatic rings. The summed E-state index contributed by atoms with van der Waals surface area (Å²) >= 11 is 0. The molecule has 0 spiro atoms. The summed E-state index contributed by atoms with van der Waals surface area (Å²) in [5, 5.41) is 6.00. The first-order chi connectivity index (χ1) is 16.2. The molecule has 0 aliphatic carbocycles. The number of carbonyl (C=O) groups excluding carboxylic acids is 4. The maximum Gasteiger partial charge on any atom is 0.332 e. The van der Waals surface area contributed by atoms with Gasteiger partial charge < -0.3 is 25.0 Å². The van der Waals surface area contributed by atoms with Crippen LogP contribution in [0.3, 0.4) is 0 Å². The third-order valence-corrected chi connectivity index (χ3v) is 6.68. The Morgan fingerprint density at radius 2 is 2.03 bits per heavy atom. The number of amides is 2. The second-order valence-corrected chi connectivity index (χ2v) is 9.23. The van der Waals surface area contributed by atoms with Crippen LogP contribution < -0.4 is 10.6 Å². The van der Waals surface area contributed by atoms with Gasteiger partial charge in [0.05, 0.1) is 13.2 Å². The fraction of sp³-hybridized carbons (Fsp3) is 0.600. The third kappa shape index (κ3) is 5.58. The van der Waals surface area contributed by atoms with Gasteiger partial charge in [0.2, 0.25) is 11.8 Å². The molecular formula is C25H35N3O6. The SMILES string of the molecule is COC(=O)[C@@H](NC(=O)C1(Cc2cccc(C)c2)CCCN1C(=O)[C@@H]1CCCN1)[C@@H](C)OC(C)=O. The Bertz CT molecular complexity index is 929. The van der Waals surface area contributed by atoms with Crippen molar-refractivity contribution in [3.05, 3.63) is 35.4 Å². The summed E-state index contributed by atoms with van der Waals surface area (Å²) in [6.45, 7) is 5.96. The number of ether oxygens (including phenoxy) is 2. The number of aryl methyl sites for hydroxylation is 1. The van der Waals surface area contributed by atoms with Crippen LogP contribution in [0.2, 0.25) is 0 Å². The van der Waals surface area contributed by atoms with Crippen molar-refractivity contribution in [1.29, 1.82) is 0 Å². The van der Waals surface area contributed by atoms with E-state index < -0.39 is 35.5 Å². The van der Waals surface area contributed by atoms with Crippen molar-refractivity contribution < 1.29 is 28.7 Å². The molecule has 1 aromatic rings. The number of likely N-dealkylation sites (tertiary alicyclic amines) is 1. The predicted octanol–water partition coefficient (Wildman–Crippen LogP) is 1.26. The van der Waals surface area contributed by atoms with Gasteiger partial charge in [0.15, 0.2) is 6.04 Å². The molecule has 2 aliphatic heterocycles. The minimum Gasteiger partial charge on any atom is -0.467 e. The topological polar surface area (TPSA) is 114 Å². The number of nitrogens with one attached hydrogen (secondary N) is 2. The normalized spacial score (nSPS) is 23.8. The Hall–Kier alpha value is -2.94. The molecule has 2 fully saturated rings. The smallest absolute Gasteiger partial charge is 0.332 e. The van der Waals surface area contributed by atoms with E-state index in [0.717, 1.165) is 30.5 Å². The maximum absolute atomic E-state index is 13.9. The second-order valence-electron chi connectivity index (χ2n) is 9.23. The zero-order chi connectivity index (χ0) is 24.9. The average molecular weight is 474 g/mol. The highest BCUT2D eigenvalue weighted by Gasteiger charge is 2.52. The monoisotopic (exact) mass is 473 g/mol. The van der Waals surface area contributed by atoms with E-state index in [-0.39, 0.29) is 11.9 Å². The highest BCUT2D eigenvalue weighted by Crippen LogP contribution is 2.35. The Balaban J connectivity index is 1.96. The van der Waals surface area contributed by atoms with Crippen LogP contribution in [0.25, 0.3) is 0 Å². The van der Waals surface area contributed by atoms with Gasteiger partial charge in [-0.3, -0.25) is 14.4 Å². The summed E-state index contributed by atoms with van der Waals surface area (Å²) in [6, 6.07) is 6.33. The van der Waals surface area contributed by atoms with Crippen molar-refractivity contribution in [3.63, 3.8) is 0 Å². The number of esters is 2. The van der Waals surface area contributed by atoms with Crippen molar-refractivity contribution in [3.8, 4) is 0 Å². The lowest BCUT2D eigenvalue weighted by molar-refractivity contribution is -0.158. The van der Waals surface area contributed by atoms with E-state index >= 15 is 0 Å². The van der Waals surface area contributed by atoms with Crippen LogP contribution in [0.1, 0.15) is 50.7 Å². The van der Waals surface area contributed by atoms with Crippen LogP contribution in [-0.2, 0) is 35.1 Å². The number of nitrogens with zero attached hydrogens (tertiary/aromatic N) is 1. The van der Waals surface area contributed by atoms with Crippen LogP contribution >= 0.6 is 0 Å². The van der Waals surface area contributed by atoms with E-state index in [1.807, 2.05) is 31.2 Å². The molecule has 9 heteroatoms. The molecule has 0 aromatic heterocycles. The number of hydrogen-bond acceptors (Lipinski definition) is 7. The standard InChI is InChI=1S/C25H35N3O6/c1-16-8-5-9-19(14-16)15-25(11-7-13-28(25)22(30)20-10-6-12-26-20)24(32)27-21(23(31)33-4)17(2)34-18(3)29/h5,8-9,14,17,20-21,26H,6-7,10-13,15H2,1-4H3,(H,27,32)/t17-,20+,21+,25?/m1/s1. The number of hydrogen-bond donors (Lipinski definition) is 2. The van der Waals surface area contributed by atoms with E-state index in [1.165, 1.54) is 21.0 Å². The van der Waals surface area contributed by atoms with Crippen LogP contribution in [0.5, 0.6) is 0 Å². The molecule has 2 heterocycles. The maximum atomic E-state index is 13.9. The lowest BCUT2D eigenvalue weighted by Crippen LogP contribution is -2.64. The van der Waals surface area contributed by atoms with Crippen LogP contribution in [-0.4, -0.2) is 72.6 Å². The summed E-state index contributed by atoms with van der Waals surface area (Å²) in [5.74, 6) is -1.84. The molecule has 2 amide bonds. The second kappa shape index (κ2) is 11.0. The molecule has 186 valence electrons. The number of benzene rings is 1. The Kier molecular flexibility index (Phi) is 8.30. The minimum atomic E-state index is -1.20. The molecule has 3 rings (SSSR count). The summed E-state index contributed by atoms with van der Waals surface area (Å²) in [7, 11) is 1.21. The van der Waals surface area contributed by atoms with Crippen LogP contribution in [0.4, 0.5) is 0 Å². The van der Waals surface area contributed by atoms with Crippen molar-refractivity contribution in [1.82, 2.24) is 15.5 Å². The van der Waals surface area contributed by atoms with Gasteiger partial charge in [-0.25, -0.2) is 4.79 Å². The molecule has 4 atom stereocenters. The van der Waals surface area contributed by atoms with Gasteiger partial charge in [-0.2, -0.15) is 0 Å². The number of rotatable bonds is 8. The van der Waals surface area contributed by atoms with Crippen molar-refractivity contribution in [2.75, 3.05) is 20.2 Å². The molecule has 0 radical (unpaired) electrons. The van der Waals surface area contributed by atoms with Gasteiger partial charge in [-0.05, 0) is 51.6 Å². The highest BCUT2D eigenvalue weighted by atomic mass is 16.6. The first-order valence-electron chi connectivity index (χ1n) is 11.8. The molecular weight excluding hydrogens is 438 g/mol. The lowest BCUT2D eigenvalue weighted by Gasteiger charge is -2.40. The van der Waals surface area contributed by atoms with Gasteiger partial charge in [0.1, 0.15) is 11.6 Å². The van der Waals surface area contributed by atoms with Crippen molar-refractivity contribution >= 4 is 23.8 Å². The fourth-order valence-electron chi connectivity index (χ4n) is 5.04. The zero-order valence-electron chi connectivity index (χ0n) is 20.4. The number of carbonyl (C=O) groups is 4. The minimum absolute atomic E-state index is 0.0968. The quantitative estimate of drug-likeness (QED) is 0.547. The first kappa shape index (κ1) is 25.7. The summed E-state index contributed by atoms with van der Waals surface area (Å²) < 4.78 is 10.0. The highest BCUT2D eigenvalue weighted by molar-refractivity contribution is 5.96. The van der Waals surface area contributed by atoms with Gasteiger partial charge in [0, 0.05) is 19.9 Å². The van der Waals surface area contributed by atoms with E-state index in [0.29, 0.717) is 25.8 Å². The Morgan fingerprint density at radius 3 is 2.65 bits per heavy atom. The summed E-state index contributed by atoms with van der Waals surface area (Å²) in [6.07, 6.45) is 2.14. The molecule has 1 aromatic carbocycles. The third-order valence-electron chi connectivity index (χ3n) is 6.68. The Morgan fingerprint density at radius 1 is 1.26 bits per heavy atom. The average Bonchev–Trinajstić information content (AvgIpc) is 3.47. The van der Waals surface area contributed by atoms with Gasteiger partial charge in [-0.1, -0.05) is 29.8 Å². The van der Waals surface area contributed by atoms with E-state index in [1.54, 1.807) is 4.90 Å².